The number of likely N-dealkylation sites (tertiary alicyclic amines) is 1. The highest BCUT2D eigenvalue weighted by Crippen LogP contribution is 2.19. The van der Waals surface area contributed by atoms with Crippen LogP contribution in [0.3, 0.4) is 0 Å². The molecular weight excluding hydrogens is 496 g/mol. The predicted molar refractivity (Wildman–Crippen MR) is 123 cm³/mol. The van der Waals surface area contributed by atoms with Crippen LogP contribution < -0.4 is 16.0 Å². The molecule has 0 aromatic heterocycles. The van der Waals surface area contributed by atoms with E-state index >= 15 is 0 Å². The van der Waals surface area contributed by atoms with Crippen molar-refractivity contribution < 1.29 is 9.18 Å². The summed E-state index contributed by atoms with van der Waals surface area (Å²) in [7, 11) is 1.66. The third-order valence-electron chi connectivity index (χ3n) is 4.61. The summed E-state index contributed by atoms with van der Waals surface area (Å²) in [6.07, 6.45) is 2.34. The van der Waals surface area contributed by atoms with Crippen LogP contribution >= 0.6 is 35.6 Å². The normalized spacial score (nSPS) is 15.6. The number of amides is 1. The monoisotopic (exact) mass is 525 g/mol. The van der Waals surface area contributed by atoms with Crippen molar-refractivity contribution >= 4 is 47.4 Å². The summed E-state index contributed by atoms with van der Waals surface area (Å²) in [5.41, 5.74) is 0.501. The van der Waals surface area contributed by atoms with Crippen LogP contribution in [0.4, 0.5) is 4.39 Å². The van der Waals surface area contributed by atoms with E-state index in [2.05, 4.69) is 25.8 Å². The Hall–Kier alpha value is -1.13. The Kier molecular flexibility index (Phi) is 11.7. The fraction of sp³-hybridized carbons (Fsp3) is 0.579. The molecule has 0 atom stereocenters. The zero-order chi connectivity index (χ0) is 19.6. The van der Waals surface area contributed by atoms with Crippen molar-refractivity contribution in [3.63, 3.8) is 0 Å². The number of benzene rings is 1. The van der Waals surface area contributed by atoms with E-state index in [0.717, 1.165) is 38.4 Å². The SMILES string of the molecule is CCNC(=NCCc1c(F)cccc1Cl)NC1CCN(CC(=O)NC)CC1.I. The van der Waals surface area contributed by atoms with Gasteiger partial charge in [-0.1, -0.05) is 17.7 Å². The first-order valence-electron chi connectivity index (χ1n) is 9.44. The molecule has 28 heavy (non-hydrogen) atoms. The van der Waals surface area contributed by atoms with Gasteiger partial charge in [0.15, 0.2) is 5.96 Å². The topological polar surface area (TPSA) is 68.8 Å². The fourth-order valence-electron chi connectivity index (χ4n) is 3.08. The first-order chi connectivity index (χ1) is 13.0. The van der Waals surface area contributed by atoms with E-state index in [9.17, 15) is 9.18 Å². The van der Waals surface area contributed by atoms with E-state index < -0.39 is 0 Å². The van der Waals surface area contributed by atoms with Crippen molar-refractivity contribution in [3.8, 4) is 0 Å². The Morgan fingerprint density at radius 3 is 2.68 bits per heavy atom. The van der Waals surface area contributed by atoms with Crippen molar-refractivity contribution in [2.45, 2.75) is 32.2 Å². The van der Waals surface area contributed by atoms with Gasteiger partial charge in [-0.05, 0) is 38.3 Å². The summed E-state index contributed by atoms with van der Waals surface area (Å²) in [6, 6.07) is 5.02. The van der Waals surface area contributed by atoms with E-state index in [0.29, 0.717) is 36.1 Å². The molecule has 3 N–H and O–H groups in total. The molecule has 9 heteroatoms. The van der Waals surface area contributed by atoms with Crippen LogP contribution in [0.5, 0.6) is 0 Å². The maximum Gasteiger partial charge on any atom is 0.233 e. The van der Waals surface area contributed by atoms with E-state index in [1.165, 1.54) is 6.07 Å². The first kappa shape index (κ1) is 24.9. The Morgan fingerprint density at radius 1 is 1.36 bits per heavy atom. The standard InChI is InChI=1S/C19H29ClFN5O.HI/c1-3-23-19(24-10-7-15-16(20)5-4-6-17(15)21)25-14-8-11-26(12-9-14)13-18(27)22-2;/h4-6,14H,3,7-13H2,1-2H3,(H,22,27)(H2,23,24,25);1H. The summed E-state index contributed by atoms with van der Waals surface area (Å²) in [4.78, 5) is 18.2. The van der Waals surface area contributed by atoms with Gasteiger partial charge in [0, 0.05) is 49.9 Å². The van der Waals surface area contributed by atoms with Gasteiger partial charge in [-0.15, -0.1) is 24.0 Å². The summed E-state index contributed by atoms with van der Waals surface area (Å²) >= 11 is 6.07. The summed E-state index contributed by atoms with van der Waals surface area (Å²) < 4.78 is 13.9. The Balaban J connectivity index is 0.00000392. The van der Waals surface area contributed by atoms with E-state index in [-0.39, 0.29) is 35.7 Å². The van der Waals surface area contributed by atoms with Gasteiger partial charge in [-0.2, -0.15) is 0 Å². The molecule has 0 aliphatic carbocycles. The number of halogens is 3. The lowest BCUT2D eigenvalue weighted by Gasteiger charge is -2.32. The molecule has 0 saturated carbocycles. The molecule has 0 radical (unpaired) electrons. The maximum atomic E-state index is 13.9. The number of likely N-dealkylation sites (N-methyl/N-ethyl adjacent to an activating group) is 1. The van der Waals surface area contributed by atoms with E-state index in [4.69, 9.17) is 11.6 Å². The summed E-state index contributed by atoms with van der Waals surface area (Å²) in [5, 5.41) is 9.77. The summed E-state index contributed by atoms with van der Waals surface area (Å²) in [5.74, 6) is 0.483. The molecule has 1 aliphatic rings. The number of nitrogens with zero attached hydrogens (tertiary/aromatic N) is 2. The van der Waals surface area contributed by atoms with Gasteiger partial charge in [-0.3, -0.25) is 14.7 Å². The first-order valence-corrected chi connectivity index (χ1v) is 9.82. The average Bonchev–Trinajstić information content (AvgIpc) is 2.65. The predicted octanol–water partition coefficient (Wildman–Crippen LogP) is 2.41. The average molecular weight is 526 g/mol. The second-order valence-electron chi connectivity index (χ2n) is 6.58. The zero-order valence-corrected chi connectivity index (χ0v) is 19.5. The van der Waals surface area contributed by atoms with E-state index in [1.807, 2.05) is 6.92 Å². The third-order valence-corrected chi connectivity index (χ3v) is 4.97. The third kappa shape index (κ3) is 8.08. The molecule has 1 aromatic rings. The van der Waals surface area contributed by atoms with Crippen LogP contribution in [-0.4, -0.2) is 62.6 Å². The van der Waals surface area contributed by atoms with Crippen molar-refractivity contribution in [3.05, 3.63) is 34.6 Å². The molecule has 2 rings (SSSR count). The minimum Gasteiger partial charge on any atom is -0.358 e. The number of carbonyl (C=O) groups excluding carboxylic acids is 1. The van der Waals surface area contributed by atoms with E-state index in [1.54, 1.807) is 19.2 Å². The van der Waals surface area contributed by atoms with Gasteiger partial charge in [0.1, 0.15) is 5.82 Å². The quantitative estimate of drug-likeness (QED) is 0.291. The molecule has 0 unspecified atom stereocenters. The van der Waals surface area contributed by atoms with Crippen molar-refractivity contribution in [1.29, 1.82) is 0 Å². The minimum absolute atomic E-state index is 0. The molecule has 1 aliphatic heterocycles. The van der Waals surface area contributed by atoms with Gasteiger partial charge in [0.05, 0.1) is 6.54 Å². The Morgan fingerprint density at radius 2 is 2.07 bits per heavy atom. The van der Waals surface area contributed by atoms with Gasteiger partial charge in [-0.25, -0.2) is 4.39 Å². The van der Waals surface area contributed by atoms with Crippen LogP contribution in [0.1, 0.15) is 25.3 Å². The lowest BCUT2D eigenvalue weighted by atomic mass is 10.1. The maximum absolute atomic E-state index is 13.9. The molecule has 1 fully saturated rings. The lowest BCUT2D eigenvalue weighted by Crippen LogP contribution is -2.50. The van der Waals surface area contributed by atoms with Crippen LogP contribution in [0.25, 0.3) is 0 Å². The van der Waals surface area contributed by atoms with Gasteiger partial charge in [0.2, 0.25) is 5.91 Å². The second-order valence-corrected chi connectivity index (χ2v) is 6.99. The minimum atomic E-state index is -0.292. The van der Waals surface area contributed by atoms with Gasteiger partial charge in [0.25, 0.3) is 0 Å². The largest absolute Gasteiger partial charge is 0.358 e. The Labute approximate surface area is 188 Å². The highest BCUT2D eigenvalue weighted by molar-refractivity contribution is 14.0. The molecule has 1 saturated heterocycles. The highest BCUT2D eigenvalue weighted by atomic mass is 127. The highest BCUT2D eigenvalue weighted by Gasteiger charge is 2.21. The van der Waals surface area contributed by atoms with Crippen molar-refractivity contribution in [2.75, 3.05) is 39.8 Å². The summed E-state index contributed by atoms with van der Waals surface area (Å²) in [6.45, 7) is 5.40. The smallest absolute Gasteiger partial charge is 0.233 e. The van der Waals surface area contributed by atoms with Crippen LogP contribution in [-0.2, 0) is 11.2 Å². The number of aliphatic imine (C=N–C) groups is 1. The van der Waals surface area contributed by atoms with Gasteiger partial charge >= 0.3 is 0 Å². The molecule has 1 amide bonds. The second kappa shape index (κ2) is 13.2. The number of rotatable bonds is 7. The molecule has 0 bridgehead atoms. The number of hydrogen-bond acceptors (Lipinski definition) is 3. The molecule has 1 heterocycles. The number of piperidine rings is 1. The van der Waals surface area contributed by atoms with Crippen LogP contribution in [0.2, 0.25) is 5.02 Å². The molecule has 6 nitrogen and oxygen atoms in total. The lowest BCUT2D eigenvalue weighted by molar-refractivity contribution is -0.122. The molecule has 158 valence electrons. The molecule has 0 spiro atoms. The van der Waals surface area contributed by atoms with Crippen LogP contribution in [0, 0.1) is 5.82 Å². The number of guanidine groups is 1. The van der Waals surface area contributed by atoms with Gasteiger partial charge < -0.3 is 16.0 Å². The zero-order valence-electron chi connectivity index (χ0n) is 16.4. The Bertz CT molecular complexity index is 633. The number of carbonyl (C=O) groups is 1. The van der Waals surface area contributed by atoms with Crippen LogP contribution in [0.15, 0.2) is 23.2 Å². The molecular formula is C19H30ClFIN5O. The molecule has 1 aromatic carbocycles. The van der Waals surface area contributed by atoms with Crippen molar-refractivity contribution in [1.82, 2.24) is 20.9 Å². The van der Waals surface area contributed by atoms with Crippen molar-refractivity contribution in [2.24, 2.45) is 4.99 Å². The number of hydrogen-bond donors (Lipinski definition) is 3. The number of nitrogens with one attached hydrogen (secondary N) is 3. The fourth-order valence-corrected chi connectivity index (χ4v) is 3.34.